The molecule has 0 aromatic carbocycles. The zero-order chi connectivity index (χ0) is 15.8. The minimum Gasteiger partial charge on any atom is -0.481 e. The Morgan fingerprint density at radius 3 is 2.10 bits per heavy atom. The van der Waals surface area contributed by atoms with Crippen LogP contribution in [0.5, 0.6) is 0 Å². The van der Waals surface area contributed by atoms with E-state index >= 15 is 0 Å². The average molecular weight is 296 g/mol. The van der Waals surface area contributed by atoms with Crippen LogP contribution >= 0.6 is 0 Å². The van der Waals surface area contributed by atoms with Crippen LogP contribution < -0.4 is 0 Å². The van der Waals surface area contributed by atoms with Crippen LogP contribution in [0.25, 0.3) is 0 Å². The third-order valence-electron chi connectivity index (χ3n) is 5.25. The van der Waals surface area contributed by atoms with E-state index in [2.05, 4.69) is 20.8 Å². The molecule has 1 N–H and O–H groups in total. The minimum atomic E-state index is -0.802. The summed E-state index contributed by atoms with van der Waals surface area (Å²) < 4.78 is 0. The number of amides is 2. The number of nitrogens with zero attached hydrogens (tertiary/aromatic N) is 2. The zero-order valence-electron chi connectivity index (χ0n) is 13.7. The molecular weight excluding hydrogens is 268 g/mol. The number of carboxylic acids is 1. The van der Waals surface area contributed by atoms with Crippen molar-refractivity contribution in [2.24, 2.45) is 16.7 Å². The number of urea groups is 1. The maximum Gasteiger partial charge on any atom is 0.320 e. The summed E-state index contributed by atoms with van der Waals surface area (Å²) in [7, 11) is 0. The molecule has 2 amide bonds. The Morgan fingerprint density at radius 2 is 1.67 bits per heavy atom. The molecule has 5 nitrogen and oxygen atoms in total. The number of carboxylic acid groups (broad SMARTS) is 1. The van der Waals surface area contributed by atoms with Gasteiger partial charge in [-0.1, -0.05) is 20.8 Å². The Labute approximate surface area is 127 Å². The second kappa shape index (κ2) is 5.50. The van der Waals surface area contributed by atoms with Gasteiger partial charge in [-0.25, -0.2) is 4.79 Å². The van der Waals surface area contributed by atoms with Crippen molar-refractivity contribution in [3.63, 3.8) is 0 Å². The van der Waals surface area contributed by atoms with Gasteiger partial charge in [-0.3, -0.25) is 4.79 Å². The highest BCUT2D eigenvalue weighted by Crippen LogP contribution is 2.35. The first kappa shape index (κ1) is 16.1. The number of hydrogen-bond acceptors (Lipinski definition) is 2. The van der Waals surface area contributed by atoms with Crippen molar-refractivity contribution in [3.05, 3.63) is 0 Å². The number of likely N-dealkylation sites (tertiary alicyclic amines) is 2. The molecule has 0 aromatic rings. The number of piperidine rings is 1. The zero-order valence-corrected chi connectivity index (χ0v) is 13.7. The van der Waals surface area contributed by atoms with Gasteiger partial charge >= 0.3 is 12.0 Å². The van der Waals surface area contributed by atoms with Gasteiger partial charge in [-0.05, 0) is 37.5 Å². The summed E-state index contributed by atoms with van der Waals surface area (Å²) in [5.41, 5.74) is -0.482. The molecular formula is C16H28N2O3. The molecule has 2 saturated heterocycles. The highest BCUT2D eigenvalue weighted by atomic mass is 16.4. The van der Waals surface area contributed by atoms with Gasteiger partial charge in [0.2, 0.25) is 0 Å². The fourth-order valence-electron chi connectivity index (χ4n) is 3.44. The summed E-state index contributed by atoms with van der Waals surface area (Å²) in [6.45, 7) is 11.0. The molecule has 1 unspecified atom stereocenters. The average Bonchev–Trinajstić information content (AvgIpc) is 2.81. The molecule has 0 radical (unpaired) electrons. The summed E-state index contributed by atoms with van der Waals surface area (Å²) >= 11 is 0. The van der Waals surface area contributed by atoms with E-state index in [1.165, 1.54) is 0 Å². The van der Waals surface area contributed by atoms with Crippen LogP contribution in [0.3, 0.4) is 0 Å². The van der Waals surface area contributed by atoms with Gasteiger partial charge in [-0.2, -0.15) is 0 Å². The monoisotopic (exact) mass is 296 g/mol. The lowest BCUT2D eigenvalue weighted by Crippen LogP contribution is -2.48. The van der Waals surface area contributed by atoms with Crippen molar-refractivity contribution < 1.29 is 14.7 Å². The Hall–Kier alpha value is -1.26. The minimum absolute atomic E-state index is 0.0207. The summed E-state index contributed by atoms with van der Waals surface area (Å²) in [5.74, 6) is -0.145. The van der Waals surface area contributed by atoms with Gasteiger partial charge in [0.1, 0.15) is 0 Å². The third kappa shape index (κ3) is 3.33. The van der Waals surface area contributed by atoms with Gasteiger partial charge < -0.3 is 14.9 Å². The maximum absolute atomic E-state index is 12.5. The molecule has 2 heterocycles. The first-order valence-electron chi connectivity index (χ1n) is 7.91. The number of carbonyl (C=O) groups excluding carboxylic acids is 1. The van der Waals surface area contributed by atoms with E-state index in [1.54, 1.807) is 11.8 Å². The first-order valence-corrected chi connectivity index (χ1v) is 7.91. The van der Waals surface area contributed by atoms with E-state index in [0.717, 1.165) is 25.9 Å². The van der Waals surface area contributed by atoms with Crippen LogP contribution in [-0.4, -0.2) is 53.1 Å². The van der Waals surface area contributed by atoms with Crippen LogP contribution in [-0.2, 0) is 4.79 Å². The van der Waals surface area contributed by atoms with E-state index < -0.39 is 11.4 Å². The molecule has 0 bridgehead atoms. The first-order chi connectivity index (χ1) is 9.63. The molecule has 2 aliphatic rings. The number of carbonyl (C=O) groups is 2. The summed E-state index contributed by atoms with van der Waals surface area (Å²) in [4.78, 5) is 27.4. The molecule has 0 saturated carbocycles. The molecule has 0 spiro atoms. The van der Waals surface area contributed by atoms with Gasteiger partial charge in [0.25, 0.3) is 0 Å². The van der Waals surface area contributed by atoms with Gasteiger partial charge in [0.05, 0.1) is 5.41 Å². The molecule has 21 heavy (non-hydrogen) atoms. The van der Waals surface area contributed by atoms with Crippen molar-refractivity contribution in [2.75, 3.05) is 26.2 Å². The molecule has 1 atom stereocenters. The molecule has 0 aromatic heterocycles. The standard InChI is InChI=1S/C16H28N2O3/c1-15(2,3)12-5-8-17(9-6-12)14(21)18-10-7-16(4,11-18)13(19)20/h12H,5-11H2,1-4H3,(H,19,20). The lowest BCUT2D eigenvalue weighted by molar-refractivity contribution is -0.147. The van der Waals surface area contributed by atoms with Crippen LogP contribution in [0.15, 0.2) is 0 Å². The fourth-order valence-corrected chi connectivity index (χ4v) is 3.44. The van der Waals surface area contributed by atoms with Crippen molar-refractivity contribution >= 4 is 12.0 Å². The molecule has 5 heteroatoms. The third-order valence-corrected chi connectivity index (χ3v) is 5.25. The van der Waals surface area contributed by atoms with Crippen LogP contribution in [0.1, 0.15) is 47.0 Å². The van der Waals surface area contributed by atoms with Crippen molar-refractivity contribution in [1.82, 2.24) is 9.80 Å². The van der Waals surface area contributed by atoms with E-state index in [1.807, 2.05) is 4.90 Å². The Balaban J connectivity index is 1.90. The van der Waals surface area contributed by atoms with Crippen LogP contribution in [0, 0.1) is 16.7 Å². The molecule has 2 fully saturated rings. The highest BCUT2D eigenvalue weighted by Gasteiger charge is 2.43. The van der Waals surface area contributed by atoms with E-state index in [4.69, 9.17) is 0 Å². The van der Waals surface area contributed by atoms with Crippen molar-refractivity contribution in [2.45, 2.75) is 47.0 Å². The topological polar surface area (TPSA) is 60.9 Å². The second-order valence-corrected chi connectivity index (χ2v) is 7.95. The maximum atomic E-state index is 12.5. The van der Waals surface area contributed by atoms with Crippen LogP contribution in [0.4, 0.5) is 4.79 Å². The predicted octanol–water partition coefficient (Wildman–Crippen LogP) is 2.66. The molecule has 2 aliphatic heterocycles. The summed E-state index contributed by atoms with van der Waals surface area (Å²) in [6, 6.07) is 0.0207. The lowest BCUT2D eigenvalue weighted by atomic mass is 9.75. The van der Waals surface area contributed by atoms with E-state index in [-0.39, 0.29) is 6.03 Å². The number of aliphatic carboxylic acids is 1. The molecule has 0 aliphatic carbocycles. The largest absolute Gasteiger partial charge is 0.481 e. The van der Waals surface area contributed by atoms with E-state index in [9.17, 15) is 14.7 Å². The van der Waals surface area contributed by atoms with Gasteiger partial charge in [0.15, 0.2) is 0 Å². The van der Waals surface area contributed by atoms with Crippen molar-refractivity contribution in [1.29, 1.82) is 0 Å². The highest BCUT2D eigenvalue weighted by molar-refractivity contribution is 5.79. The van der Waals surface area contributed by atoms with Gasteiger partial charge in [-0.15, -0.1) is 0 Å². The van der Waals surface area contributed by atoms with Crippen LogP contribution in [0.2, 0.25) is 0 Å². The lowest BCUT2D eigenvalue weighted by Gasteiger charge is -2.40. The normalized spacial score (nSPS) is 28.0. The summed E-state index contributed by atoms with van der Waals surface area (Å²) in [6.07, 6.45) is 2.63. The second-order valence-electron chi connectivity index (χ2n) is 7.95. The molecule has 2 rings (SSSR count). The Kier molecular flexibility index (Phi) is 4.22. The number of hydrogen-bond donors (Lipinski definition) is 1. The summed E-state index contributed by atoms with van der Waals surface area (Å²) in [5, 5.41) is 9.26. The number of rotatable bonds is 1. The van der Waals surface area contributed by atoms with E-state index in [0.29, 0.717) is 30.8 Å². The fraction of sp³-hybridized carbons (Fsp3) is 0.875. The SMILES string of the molecule is CC1(C(=O)O)CCN(C(=O)N2CCC(C(C)(C)C)CC2)C1. The molecule has 120 valence electrons. The Bertz CT molecular complexity index is 422. The quantitative estimate of drug-likeness (QED) is 0.809. The van der Waals surface area contributed by atoms with Crippen molar-refractivity contribution in [3.8, 4) is 0 Å². The smallest absolute Gasteiger partial charge is 0.320 e. The predicted molar refractivity (Wildman–Crippen MR) is 81.1 cm³/mol. The Morgan fingerprint density at radius 1 is 1.10 bits per heavy atom. The van der Waals surface area contributed by atoms with Gasteiger partial charge in [0, 0.05) is 26.2 Å².